The molecule has 7 nitrogen and oxygen atoms in total. The highest BCUT2D eigenvalue weighted by Crippen LogP contribution is 2.35. The first-order chi connectivity index (χ1) is 11.7. The number of nitrogens with one attached hydrogen (secondary N) is 1. The van der Waals surface area contributed by atoms with Crippen molar-refractivity contribution in [1.82, 2.24) is 19.1 Å². The molecule has 3 heterocycles. The lowest BCUT2D eigenvalue weighted by Crippen LogP contribution is -2.34. The zero-order valence-corrected chi connectivity index (χ0v) is 14.5. The standard InChI is InChI=1S/C16H21N5O2S/c1-21-12(6-7-17-21)14-11(3-2-8-23-14)15(22)19-16-18-13(20-24-16)9-10-4-5-10/h6-7,10-11,14H,2-5,8-9H2,1H3,(H,18,19,20,22)/t11-,14-/m1/s1. The molecule has 0 radical (unpaired) electrons. The first-order valence-corrected chi connectivity index (χ1v) is 9.21. The van der Waals surface area contributed by atoms with Gasteiger partial charge in [0.1, 0.15) is 11.9 Å². The van der Waals surface area contributed by atoms with Crippen molar-refractivity contribution in [3.8, 4) is 0 Å². The summed E-state index contributed by atoms with van der Waals surface area (Å²) in [6.45, 7) is 0.671. The van der Waals surface area contributed by atoms with Crippen molar-refractivity contribution in [2.75, 3.05) is 11.9 Å². The lowest BCUT2D eigenvalue weighted by molar-refractivity contribution is -0.129. The van der Waals surface area contributed by atoms with Crippen LogP contribution in [-0.4, -0.2) is 31.7 Å². The summed E-state index contributed by atoms with van der Waals surface area (Å²) in [5.41, 5.74) is 0.932. The number of aryl methyl sites for hydroxylation is 1. The molecule has 1 N–H and O–H groups in total. The number of nitrogens with zero attached hydrogens (tertiary/aromatic N) is 4. The maximum absolute atomic E-state index is 12.7. The summed E-state index contributed by atoms with van der Waals surface area (Å²) in [6.07, 6.45) is 6.63. The van der Waals surface area contributed by atoms with Crippen molar-refractivity contribution in [2.24, 2.45) is 18.9 Å². The average Bonchev–Trinajstić information content (AvgIpc) is 3.12. The molecule has 2 atom stereocenters. The molecule has 1 saturated heterocycles. The Balaban J connectivity index is 1.45. The summed E-state index contributed by atoms with van der Waals surface area (Å²) in [5.74, 6) is 1.31. The third-order valence-electron chi connectivity index (χ3n) is 4.68. The van der Waals surface area contributed by atoms with Gasteiger partial charge in [0, 0.05) is 37.8 Å². The van der Waals surface area contributed by atoms with Crippen molar-refractivity contribution < 1.29 is 9.53 Å². The molecular formula is C16H21N5O2S. The third-order valence-corrected chi connectivity index (χ3v) is 5.34. The van der Waals surface area contributed by atoms with Crippen LogP contribution in [0.3, 0.4) is 0 Å². The molecular weight excluding hydrogens is 326 g/mol. The van der Waals surface area contributed by atoms with Gasteiger partial charge in [-0.1, -0.05) is 0 Å². The van der Waals surface area contributed by atoms with Gasteiger partial charge >= 0.3 is 0 Å². The number of hydrogen-bond donors (Lipinski definition) is 1. The lowest BCUT2D eigenvalue weighted by Gasteiger charge is -2.30. The monoisotopic (exact) mass is 347 g/mol. The lowest BCUT2D eigenvalue weighted by atomic mass is 9.91. The summed E-state index contributed by atoms with van der Waals surface area (Å²) in [5, 5.41) is 7.71. The Morgan fingerprint density at radius 1 is 1.46 bits per heavy atom. The van der Waals surface area contributed by atoms with Crippen molar-refractivity contribution >= 4 is 22.6 Å². The summed E-state index contributed by atoms with van der Waals surface area (Å²) >= 11 is 1.26. The topological polar surface area (TPSA) is 81.9 Å². The molecule has 0 spiro atoms. The van der Waals surface area contributed by atoms with E-state index in [1.54, 1.807) is 10.9 Å². The summed E-state index contributed by atoms with van der Waals surface area (Å²) in [7, 11) is 1.87. The minimum Gasteiger partial charge on any atom is -0.371 e. The van der Waals surface area contributed by atoms with Crippen LogP contribution in [0.2, 0.25) is 0 Å². The minimum atomic E-state index is -0.259. The van der Waals surface area contributed by atoms with Gasteiger partial charge in [0.2, 0.25) is 11.0 Å². The fraction of sp³-hybridized carbons (Fsp3) is 0.625. The Morgan fingerprint density at radius 3 is 3.08 bits per heavy atom. The zero-order chi connectivity index (χ0) is 16.5. The van der Waals surface area contributed by atoms with Crippen molar-refractivity contribution in [3.05, 3.63) is 23.8 Å². The van der Waals surface area contributed by atoms with E-state index in [1.807, 2.05) is 13.1 Å². The number of carbonyl (C=O) groups is 1. The molecule has 1 saturated carbocycles. The van der Waals surface area contributed by atoms with Crippen LogP contribution in [0.4, 0.5) is 5.13 Å². The van der Waals surface area contributed by atoms with Gasteiger partial charge in [-0.15, -0.1) is 0 Å². The Hall–Kier alpha value is -1.80. The molecule has 1 aliphatic carbocycles. The van der Waals surface area contributed by atoms with E-state index in [4.69, 9.17) is 4.74 Å². The van der Waals surface area contributed by atoms with Crippen molar-refractivity contribution in [2.45, 2.75) is 38.2 Å². The highest BCUT2D eigenvalue weighted by Gasteiger charge is 2.35. The van der Waals surface area contributed by atoms with Crippen LogP contribution < -0.4 is 5.32 Å². The molecule has 0 unspecified atom stereocenters. The second-order valence-electron chi connectivity index (χ2n) is 6.57. The third kappa shape index (κ3) is 3.34. The highest BCUT2D eigenvalue weighted by molar-refractivity contribution is 7.09. The summed E-state index contributed by atoms with van der Waals surface area (Å²) in [4.78, 5) is 17.2. The minimum absolute atomic E-state index is 0.0463. The number of rotatable bonds is 5. The largest absolute Gasteiger partial charge is 0.371 e. The predicted molar refractivity (Wildman–Crippen MR) is 89.6 cm³/mol. The molecule has 1 aliphatic heterocycles. The Morgan fingerprint density at radius 2 is 2.33 bits per heavy atom. The van der Waals surface area contributed by atoms with Gasteiger partial charge in [0.05, 0.1) is 11.6 Å². The Kier molecular flexibility index (Phi) is 4.32. The molecule has 2 aliphatic rings. The second-order valence-corrected chi connectivity index (χ2v) is 7.32. The van der Waals surface area contributed by atoms with Gasteiger partial charge in [-0.05, 0) is 37.7 Å². The molecule has 24 heavy (non-hydrogen) atoms. The fourth-order valence-corrected chi connectivity index (χ4v) is 3.77. The van der Waals surface area contributed by atoms with Crippen molar-refractivity contribution in [3.63, 3.8) is 0 Å². The fourth-order valence-electron chi connectivity index (χ4n) is 3.17. The highest BCUT2D eigenvalue weighted by atomic mass is 32.1. The molecule has 0 aromatic carbocycles. The molecule has 1 amide bonds. The van der Waals surface area contributed by atoms with Crippen LogP contribution in [0, 0.1) is 11.8 Å². The van der Waals surface area contributed by atoms with Crippen LogP contribution in [0.25, 0.3) is 0 Å². The molecule has 2 aromatic rings. The van der Waals surface area contributed by atoms with Crippen LogP contribution >= 0.6 is 11.5 Å². The van der Waals surface area contributed by atoms with Gasteiger partial charge in [-0.25, -0.2) is 4.98 Å². The van der Waals surface area contributed by atoms with Crippen LogP contribution in [0.15, 0.2) is 12.3 Å². The summed E-state index contributed by atoms with van der Waals surface area (Å²) in [6, 6.07) is 1.91. The van der Waals surface area contributed by atoms with Gasteiger partial charge in [0.15, 0.2) is 0 Å². The maximum Gasteiger partial charge on any atom is 0.232 e. The Bertz CT molecular complexity index is 724. The van der Waals surface area contributed by atoms with E-state index in [-0.39, 0.29) is 17.9 Å². The van der Waals surface area contributed by atoms with Gasteiger partial charge in [-0.2, -0.15) is 9.47 Å². The molecule has 4 rings (SSSR count). The van der Waals surface area contributed by atoms with Crippen LogP contribution in [-0.2, 0) is 23.0 Å². The average molecular weight is 347 g/mol. The first-order valence-electron chi connectivity index (χ1n) is 8.43. The predicted octanol–water partition coefficient (Wildman–Crippen LogP) is 2.33. The number of anilines is 1. The van der Waals surface area contributed by atoms with Crippen LogP contribution in [0.1, 0.15) is 43.3 Å². The molecule has 2 fully saturated rings. The van der Waals surface area contributed by atoms with E-state index in [0.29, 0.717) is 11.7 Å². The second kappa shape index (κ2) is 6.60. The maximum atomic E-state index is 12.7. The van der Waals surface area contributed by atoms with Gasteiger partial charge in [0.25, 0.3) is 0 Å². The van der Waals surface area contributed by atoms with E-state index in [2.05, 4.69) is 19.8 Å². The van der Waals surface area contributed by atoms with Gasteiger partial charge < -0.3 is 10.1 Å². The molecule has 0 bridgehead atoms. The Labute approximate surface area is 144 Å². The number of hydrogen-bond acceptors (Lipinski definition) is 6. The first kappa shape index (κ1) is 15.7. The van der Waals surface area contributed by atoms with E-state index in [9.17, 15) is 4.79 Å². The van der Waals surface area contributed by atoms with Gasteiger partial charge in [-0.3, -0.25) is 9.48 Å². The van der Waals surface area contributed by atoms with E-state index in [0.717, 1.165) is 36.7 Å². The smallest absolute Gasteiger partial charge is 0.232 e. The number of amides is 1. The molecule has 2 aromatic heterocycles. The quantitative estimate of drug-likeness (QED) is 0.898. The van der Waals surface area contributed by atoms with E-state index in [1.165, 1.54) is 24.4 Å². The molecule has 128 valence electrons. The van der Waals surface area contributed by atoms with Crippen molar-refractivity contribution in [1.29, 1.82) is 0 Å². The van der Waals surface area contributed by atoms with E-state index < -0.39 is 0 Å². The number of carbonyl (C=O) groups excluding carboxylic acids is 1. The van der Waals surface area contributed by atoms with E-state index >= 15 is 0 Å². The normalized spacial score (nSPS) is 24.0. The zero-order valence-electron chi connectivity index (χ0n) is 13.6. The van der Waals surface area contributed by atoms with Crippen LogP contribution in [0.5, 0.6) is 0 Å². The summed E-state index contributed by atoms with van der Waals surface area (Å²) < 4.78 is 12.0. The molecule has 8 heteroatoms. The number of aromatic nitrogens is 4. The number of ether oxygens (including phenoxy) is 1. The SMILES string of the molecule is Cn1nccc1[C@@H]1OCCC[C@H]1C(=O)Nc1nc(CC2CC2)ns1.